The monoisotopic (exact) mass is 288 g/mol. The van der Waals surface area contributed by atoms with Gasteiger partial charge in [0, 0.05) is 19.6 Å². The van der Waals surface area contributed by atoms with E-state index in [2.05, 4.69) is 42.2 Å². The summed E-state index contributed by atoms with van der Waals surface area (Å²) in [6, 6.07) is 6.49. The van der Waals surface area contributed by atoms with E-state index in [1.807, 2.05) is 23.9 Å². The number of hydrogen-bond acceptors (Lipinski definition) is 4. The van der Waals surface area contributed by atoms with Crippen LogP contribution in [0.2, 0.25) is 0 Å². The second-order valence-electron chi connectivity index (χ2n) is 5.41. The molecule has 0 aliphatic heterocycles. The number of ether oxygens (including phenoxy) is 1. The molecule has 0 atom stereocenters. The molecule has 0 aliphatic carbocycles. The SMILES string of the molecule is CCc1cc(COc2ccc(CNC(C)C)nc2)n(C)n1. The molecule has 0 saturated heterocycles. The van der Waals surface area contributed by atoms with Gasteiger partial charge in [0.15, 0.2) is 0 Å². The Balaban J connectivity index is 1.89. The smallest absolute Gasteiger partial charge is 0.138 e. The van der Waals surface area contributed by atoms with Gasteiger partial charge < -0.3 is 10.1 Å². The molecule has 21 heavy (non-hydrogen) atoms. The van der Waals surface area contributed by atoms with Gasteiger partial charge in [-0.1, -0.05) is 20.8 Å². The Morgan fingerprint density at radius 3 is 2.67 bits per heavy atom. The summed E-state index contributed by atoms with van der Waals surface area (Å²) in [5, 5.41) is 7.75. The Labute approximate surface area is 126 Å². The van der Waals surface area contributed by atoms with Crippen LogP contribution >= 0.6 is 0 Å². The maximum absolute atomic E-state index is 5.77. The molecule has 0 fully saturated rings. The van der Waals surface area contributed by atoms with Crippen LogP contribution in [0, 0.1) is 0 Å². The molecule has 0 saturated carbocycles. The Morgan fingerprint density at radius 2 is 2.10 bits per heavy atom. The molecule has 0 aliphatic rings. The van der Waals surface area contributed by atoms with Gasteiger partial charge in [0.1, 0.15) is 12.4 Å². The van der Waals surface area contributed by atoms with Crippen molar-refractivity contribution in [3.8, 4) is 5.75 Å². The maximum Gasteiger partial charge on any atom is 0.138 e. The first-order valence-corrected chi connectivity index (χ1v) is 7.41. The van der Waals surface area contributed by atoms with Crippen LogP contribution in [0.15, 0.2) is 24.4 Å². The topological polar surface area (TPSA) is 52.0 Å². The van der Waals surface area contributed by atoms with Gasteiger partial charge in [-0.3, -0.25) is 9.67 Å². The van der Waals surface area contributed by atoms with Crippen LogP contribution in [-0.2, 0) is 26.6 Å². The third kappa shape index (κ3) is 4.56. The van der Waals surface area contributed by atoms with Crippen LogP contribution in [0.25, 0.3) is 0 Å². The zero-order chi connectivity index (χ0) is 15.2. The summed E-state index contributed by atoms with van der Waals surface area (Å²) in [5.74, 6) is 0.780. The Bertz CT molecular complexity index is 560. The van der Waals surface area contributed by atoms with E-state index in [-0.39, 0.29) is 0 Å². The minimum Gasteiger partial charge on any atom is -0.486 e. The molecule has 0 aromatic carbocycles. The Kier molecular flexibility index (Phi) is 5.33. The molecular weight excluding hydrogens is 264 g/mol. The third-order valence-electron chi connectivity index (χ3n) is 3.27. The molecule has 0 radical (unpaired) electrons. The normalized spacial score (nSPS) is 11.1. The number of hydrogen-bond donors (Lipinski definition) is 1. The highest BCUT2D eigenvalue weighted by Crippen LogP contribution is 2.13. The first-order valence-electron chi connectivity index (χ1n) is 7.41. The van der Waals surface area contributed by atoms with Crippen molar-refractivity contribution in [2.24, 2.45) is 7.05 Å². The fourth-order valence-corrected chi connectivity index (χ4v) is 1.95. The number of rotatable bonds is 7. The van der Waals surface area contributed by atoms with Gasteiger partial charge in [-0.25, -0.2) is 0 Å². The summed E-state index contributed by atoms with van der Waals surface area (Å²) >= 11 is 0. The predicted molar refractivity (Wildman–Crippen MR) is 83.1 cm³/mol. The van der Waals surface area contributed by atoms with E-state index in [0.29, 0.717) is 12.6 Å². The highest BCUT2D eigenvalue weighted by atomic mass is 16.5. The number of pyridine rings is 1. The van der Waals surface area contributed by atoms with Crippen molar-refractivity contribution in [1.82, 2.24) is 20.1 Å². The zero-order valence-corrected chi connectivity index (χ0v) is 13.3. The maximum atomic E-state index is 5.77. The Hall–Kier alpha value is -1.88. The molecule has 0 bridgehead atoms. The van der Waals surface area contributed by atoms with Crippen molar-refractivity contribution >= 4 is 0 Å². The third-order valence-corrected chi connectivity index (χ3v) is 3.27. The van der Waals surface area contributed by atoms with Crippen molar-refractivity contribution in [3.63, 3.8) is 0 Å². The molecule has 1 N–H and O–H groups in total. The first-order chi connectivity index (χ1) is 10.1. The number of nitrogens with zero attached hydrogens (tertiary/aromatic N) is 3. The van der Waals surface area contributed by atoms with E-state index in [1.54, 1.807) is 6.20 Å². The van der Waals surface area contributed by atoms with Gasteiger partial charge >= 0.3 is 0 Å². The zero-order valence-electron chi connectivity index (χ0n) is 13.3. The average Bonchev–Trinajstić information content (AvgIpc) is 2.84. The van der Waals surface area contributed by atoms with Gasteiger partial charge in [-0.15, -0.1) is 0 Å². The van der Waals surface area contributed by atoms with E-state index >= 15 is 0 Å². The highest BCUT2D eigenvalue weighted by molar-refractivity contribution is 5.20. The largest absolute Gasteiger partial charge is 0.486 e. The van der Waals surface area contributed by atoms with Crippen molar-refractivity contribution < 1.29 is 4.74 Å². The lowest BCUT2D eigenvalue weighted by Crippen LogP contribution is -2.22. The number of nitrogens with one attached hydrogen (secondary N) is 1. The summed E-state index contributed by atoms with van der Waals surface area (Å²) in [7, 11) is 1.94. The van der Waals surface area contributed by atoms with Crippen LogP contribution < -0.4 is 10.1 Å². The second-order valence-corrected chi connectivity index (χ2v) is 5.41. The van der Waals surface area contributed by atoms with Crippen LogP contribution in [-0.4, -0.2) is 20.8 Å². The van der Waals surface area contributed by atoms with Crippen LogP contribution in [0.5, 0.6) is 5.75 Å². The molecule has 114 valence electrons. The van der Waals surface area contributed by atoms with Gasteiger partial charge in [-0.2, -0.15) is 5.10 Å². The minimum absolute atomic E-state index is 0.459. The molecule has 5 heteroatoms. The van der Waals surface area contributed by atoms with Gasteiger partial charge in [0.2, 0.25) is 0 Å². The predicted octanol–water partition coefficient (Wildman–Crippen LogP) is 2.45. The molecule has 2 aromatic heterocycles. The fourth-order valence-electron chi connectivity index (χ4n) is 1.95. The molecule has 2 rings (SSSR count). The molecule has 2 aromatic rings. The van der Waals surface area contributed by atoms with Gasteiger partial charge in [0.05, 0.1) is 23.3 Å². The lowest BCUT2D eigenvalue weighted by atomic mass is 10.3. The molecule has 5 nitrogen and oxygen atoms in total. The summed E-state index contributed by atoms with van der Waals surface area (Å²) in [4.78, 5) is 4.40. The summed E-state index contributed by atoms with van der Waals surface area (Å²) < 4.78 is 7.64. The minimum atomic E-state index is 0.459. The first kappa shape index (κ1) is 15.5. The van der Waals surface area contributed by atoms with E-state index in [4.69, 9.17) is 4.74 Å². The molecule has 0 unspecified atom stereocenters. The van der Waals surface area contributed by atoms with Gasteiger partial charge in [0.25, 0.3) is 0 Å². The van der Waals surface area contributed by atoms with E-state index in [0.717, 1.165) is 35.8 Å². The summed E-state index contributed by atoms with van der Waals surface area (Å²) in [5.41, 5.74) is 3.17. The summed E-state index contributed by atoms with van der Waals surface area (Å²) in [6.07, 6.45) is 2.71. The van der Waals surface area contributed by atoms with Crippen LogP contribution in [0.1, 0.15) is 37.9 Å². The van der Waals surface area contributed by atoms with Crippen molar-refractivity contribution in [3.05, 3.63) is 41.5 Å². The average molecular weight is 288 g/mol. The standard InChI is InChI=1S/C16H24N4O/c1-5-13-8-15(20(4)19-13)11-21-16-7-6-14(18-10-16)9-17-12(2)3/h6-8,10,12,17H,5,9,11H2,1-4H3. The van der Waals surface area contributed by atoms with Crippen molar-refractivity contribution in [2.75, 3.05) is 0 Å². The number of aryl methyl sites for hydroxylation is 2. The van der Waals surface area contributed by atoms with E-state index in [9.17, 15) is 0 Å². The van der Waals surface area contributed by atoms with E-state index < -0.39 is 0 Å². The summed E-state index contributed by atoms with van der Waals surface area (Å²) in [6.45, 7) is 7.63. The lowest BCUT2D eigenvalue weighted by Gasteiger charge is -2.09. The van der Waals surface area contributed by atoms with Crippen LogP contribution in [0.4, 0.5) is 0 Å². The van der Waals surface area contributed by atoms with Crippen LogP contribution in [0.3, 0.4) is 0 Å². The molecule has 0 spiro atoms. The quantitative estimate of drug-likeness (QED) is 0.850. The molecule has 0 amide bonds. The second kappa shape index (κ2) is 7.22. The molecule has 2 heterocycles. The lowest BCUT2D eigenvalue weighted by molar-refractivity contribution is 0.293. The highest BCUT2D eigenvalue weighted by Gasteiger charge is 2.05. The Morgan fingerprint density at radius 1 is 1.29 bits per heavy atom. The molecular formula is C16H24N4O. The fraction of sp³-hybridized carbons (Fsp3) is 0.500. The van der Waals surface area contributed by atoms with Gasteiger partial charge in [-0.05, 0) is 24.6 Å². The van der Waals surface area contributed by atoms with E-state index in [1.165, 1.54) is 0 Å². The van der Waals surface area contributed by atoms with Crippen molar-refractivity contribution in [1.29, 1.82) is 0 Å². The number of aromatic nitrogens is 3. The van der Waals surface area contributed by atoms with Crippen molar-refractivity contribution in [2.45, 2.75) is 46.4 Å².